The topological polar surface area (TPSA) is 47.6 Å². The van der Waals surface area contributed by atoms with E-state index in [4.69, 9.17) is 9.47 Å². The van der Waals surface area contributed by atoms with Crippen molar-refractivity contribution >= 4 is 5.97 Å². The van der Waals surface area contributed by atoms with Crippen LogP contribution in [0.2, 0.25) is 0 Å². The van der Waals surface area contributed by atoms with Crippen molar-refractivity contribution in [2.75, 3.05) is 27.4 Å². The van der Waals surface area contributed by atoms with Gasteiger partial charge in [0, 0.05) is 20.1 Å². The maximum atomic E-state index is 11.3. The van der Waals surface area contributed by atoms with Gasteiger partial charge in [-0.15, -0.1) is 0 Å². The Morgan fingerprint density at radius 3 is 2.46 bits per heavy atom. The van der Waals surface area contributed by atoms with Gasteiger partial charge in [0.1, 0.15) is 5.54 Å². The van der Waals surface area contributed by atoms with Crippen LogP contribution < -0.4 is 5.32 Å². The first-order chi connectivity index (χ1) is 6.04. The molecule has 0 aromatic rings. The number of hydrogen-bond acceptors (Lipinski definition) is 4. The van der Waals surface area contributed by atoms with Gasteiger partial charge >= 0.3 is 5.97 Å². The number of likely N-dealkylation sites (N-methyl/N-ethyl adjacent to an activating group) is 1. The fourth-order valence-electron chi connectivity index (χ4n) is 0.651. The van der Waals surface area contributed by atoms with Crippen molar-refractivity contribution in [3.8, 4) is 0 Å². The van der Waals surface area contributed by atoms with Crippen LogP contribution in [0.5, 0.6) is 0 Å². The highest BCUT2D eigenvalue weighted by atomic mass is 16.5. The Labute approximate surface area is 79.6 Å². The summed E-state index contributed by atoms with van der Waals surface area (Å²) in [5.41, 5.74) is -0.604. The van der Waals surface area contributed by atoms with Gasteiger partial charge in [-0.25, -0.2) is 0 Å². The van der Waals surface area contributed by atoms with Crippen LogP contribution in [0.15, 0.2) is 0 Å². The molecule has 0 aromatic heterocycles. The molecule has 0 aliphatic carbocycles. The van der Waals surface area contributed by atoms with E-state index in [2.05, 4.69) is 5.32 Å². The first-order valence-electron chi connectivity index (χ1n) is 4.39. The van der Waals surface area contributed by atoms with Crippen LogP contribution in [0.4, 0.5) is 0 Å². The smallest absolute Gasteiger partial charge is 0.325 e. The molecule has 0 saturated carbocycles. The number of ether oxygens (including phenoxy) is 2. The molecule has 0 bridgehead atoms. The lowest BCUT2D eigenvalue weighted by Crippen LogP contribution is -2.45. The zero-order valence-electron chi connectivity index (χ0n) is 8.85. The second-order valence-corrected chi connectivity index (χ2v) is 3.36. The summed E-state index contributed by atoms with van der Waals surface area (Å²) in [6, 6.07) is 0. The minimum absolute atomic E-state index is 0.230. The Bertz CT molecular complexity index is 157. The molecule has 4 nitrogen and oxygen atoms in total. The summed E-state index contributed by atoms with van der Waals surface area (Å²) in [7, 11) is 3.36. The van der Waals surface area contributed by atoms with Crippen molar-refractivity contribution in [3.05, 3.63) is 0 Å². The van der Waals surface area contributed by atoms with Crippen LogP contribution in [0.3, 0.4) is 0 Å². The highest BCUT2D eigenvalue weighted by molar-refractivity contribution is 5.79. The van der Waals surface area contributed by atoms with E-state index in [-0.39, 0.29) is 5.97 Å². The molecule has 13 heavy (non-hydrogen) atoms. The molecule has 78 valence electrons. The van der Waals surface area contributed by atoms with Crippen LogP contribution in [-0.4, -0.2) is 38.9 Å². The average molecular weight is 189 g/mol. The molecule has 0 radical (unpaired) electrons. The van der Waals surface area contributed by atoms with Gasteiger partial charge in [-0.1, -0.05) is 0 Å². The van der Waals surface area contributed by atoms with E-state index >= 15 is 0 Å². The Balaban J connectivity index is 3.62. The second kappa shape index (κ2) is 5.94. The predicted molar refractivity (Wildman–Crippen MR) is 50.6 cm³/mol. The highest BCUT2D eigenvalue weighted by Gasteiger charge is 2.26. The fraction of sp³-hybridized carbons (Fsp3) is 0.889. The monoisotopic (exact) mass is 189 g/mol. The molecule has 0 unspecified atom stereocenters. The van der Waals surface area contributed by atoms with Gasteiger partial charge in [0.05, 0.1) is 6.61 Å². The third-order valence-electron chi connectivity index (χ3n) is 1.86. The molecule has 0 saturated heterocycles. The van der Waals surface area contributed by atoms with Crippen molar-refractivity contribution in [2.24, 2.45) is 0 Å². The molecular weight excluding hydrogens is 170 g/mol. The summed E-state index contributed by atoms with van der Waals surface area (Å²) < 4.78 is 9.85. The van der Waals surface area contributed by atoms with Crippen LogP contribution in [0, 0.1) is 0 Å². The maximum absolute atomic E-state index is 11.3. The summed E-state index contributed by atoms with van der Waals surface area (Å²) in [4.78, 5) is 11.3. The van der Waals surface area contributed by atoms with Crippen molar-refractivity contribution in [2.45, 2.75) is 25.8 Å². The molecule has 0 rings (SSSR count). The summed E-state index contributed by atoms with van der Waals surface area (Å²) in [6.45, 7) is 4.60. The van der Waals surface area contributed by atoms with Crippen molar-refractivity contribution < 1.29 is 14.3 Å². The predicted octanol–water partition coefficient (Wildman–Crippen LogP) is 0.564. The lowest BCUT2D eigenvalue weighted by molar-refractivity contribution is -0.150. The Morgan fingerprint density at radius 2 is 2.00 bits per heavy atom. The van der Waals surface area contributed by atoms with Crippen LogP contribution in [-0.2, 0) is 14.3 Å². The summed E-state index contributed by atoms with van der Waals surface area (Å²) >= 11 is 0. The molecule has 0 aliphatic rings. The first-order valence-corrected chi connectivity index (χ1v) is 4.39. The zero-order chi connectivity index (χ0) is 10.3. The van der Waals surface area contributed by atoms with Gasteiger partial charge in [0.2, 0.25) is 0 Å². The summed E-state index contributed by atoms with van der Waals surface area (Å²) in [5.74, 6) is -0.230. The molecule has 1 N–H and O–H groups in total. The first kappa shape index (κ1) is 12.4. The Kier molecular flexibility index (Phi) is 5.66. The Morgan fingerprint density at radius 1 is 1.38 bits per heavy atom. The van der Waals surface area contributed by atoms with Gasteiger partial charge in [-0.05, 0) is 20.9 Å². The number of rotatable bonds is 6. The SMILES string of the molecule is CNC(C)(C)C(=O)OCCCOC. The van der Waals surface area contributed by atoms with Crippen molar-refractivity contribution in [1.82, 2.24) is 5.32 Å². The normalized spacial score (nSPS) is 11.4. The number of hydrogen-bond donors (Lipinski definition) is 1. The molecular formula is C9H19NO3. The van der Waals surface area contributed by atoms with E-state index in [1.807, 2.05) is 0 Å². The number of esters is 1. The van der Waals surface area contributed by atoms with E-state index in [1.165, 1.54) is 0 Å². The molecule has 0 aromatic carbocycles. The number of methoxy groups -OCH3 is 1. The van der Waals surface area contributed by atoms with Gasteiger partial charge < -0.3 is 14.8 Å². The number of carbonyl (C=O) groups is 1. The zero-order valence-corrected chi connectivity index (χ0v) is 8.85. The third-order valence-corrected chi connectivity index (χ3v) is 1.86. The minimum Gasteiger partial charge on any atom is -0.464 e. The Hall–Kier alpha value is -0.610. The molecule has 4 heteroatoms. The van der Waals surface area contributed by atoms with Gasteiger partial charge in [0.15, 0.2) is 0 Å². The maximum Gasteiger partial charge on any atom is 0.325 e. The van der Waals surface area contributed by atoms with Gasteiger partial charge in [-0.2, -0.15) is 0 Å². The lowest BCUT2D eigenvalue weighted by atomic mass is 10.1. The van der Waals surface area contributed by atoms with Crippen molar-refractivity contribution in [3.63, 3.8) is 0 Å². The van der Waals surface area contributed by atoms with E-state index in [0.717, 1.165) is 6.42 Å². The number of carbonyl (C=O) groups excluding carboxylic acids is 1. The molecule has 0 amide bonds. The standard InChI is InChI=1S/C9H19NO3/c1-9(2,10-3)8(11)13-7-5-6-12-4/h10H,5-7H2,1-4H3. The van der Waals surface area contributed by atoms with Crippen LogP contribution in [0.25, 0.3) is 0 Å². The molecule has 0 spiro atoms. The van der Waals surface area contributed by atoms with E-state index in [0.29, 0.717) is 13.2 Å². The van der Waals surface area contributed by atoms with Gasteiger partial charge in [0.25, 0.3) is 0 Å². The van der Waals surface area contributed by atoms with Crippen molar-refractivity contribution in [1.29, 1.82) is 0 Å². The highest BCUT2D eigenvalue weighted by Crippen LogP contribution is 2.03. The fourth-order valence-corrected chi connectivity index (χ4v) is 0.651. The number of nitrogens with one attached hydrogen (secondary N) is 1. The molecule has 0 heterocycles. The summed E-state index contributed by atoms with van der Waals surface area (Å²) in [6.07, 6.45) is 0.738. The van der Waals surface area contributed by atoms with E-state index in [1.54, 1.807) is 28.0 Å². The minimum atomic E-state index is -0.604. The van der Waals surface area contributed by atoms with E-state index < -0.39 is 5.54 Å². The quantitative estimate of drug-likeness (QED) is 0.490. The van der Waals surface area contributed by atoms with Crippen LogP contribution >= 0.6 is 0 Å². The van der Waals surface area contributed by atoms with Crippen LogP contribution in [0.1, 0.15) is 20.3 Å². The molecule has 0 fully saturated rings. The van der Waals surface area contributed by atoms with Gasteiger partial charge in [-0.3, -0.25) is 4.79 Å². The third kappa shape index (κ3) is 4.85. The molecule has 0 aliphatic heterocycles. The average Bonchev–Trinajstić information content (AvgIpc) is 2.12. The molecule has 0 atom stereocenters. The largest absolute Gasteiger partial charge is 0.464 e. The second-order valence-electron chi connectivity index (χ2n) is 3.36. The lowest BCUT2D eigenvalue weighted by Gasteiger charge is -2.21. The van der Waals surface area contributed by atoms with E-state index in [9.17, 15) is 4.79 Å². The summed E-state index contributed by atoms with van der Waals surface area (Å²) in [5, 5.41) is 2.88.